The summed E-state index contributed by atoms with van der Waals surface area (Å²) >= 11 is 0. The van der Waals surface area contributed by atoms with Gasteiger partial charge in [-0.15, -0.1) is 0 Å². The van der Waals surface area contributed by atoms with Crippen LogP contribution in [-0.2, 0) is 4.74 Å². The molecule has 0 amide bonds. The summed E-state index contributed by atoms with van der Waals surface area (Å²) in [5.41, 5.74) is 2.39. The molecule has 0 aliphatic heterocycles. The summed E-state index contributed by atoms with van der Waals surface area (Å²) in [6, 6.07) is 8.79. The third-order valence-corrected chi connectivity index (χ3v) is 4.57. The van der Waals surface area contributed by atoms with Crippen LogP contribution in [0.5, 0.6) is 0 Å². The van der Waals surface area contributed by atoms with Crippen molar-refractivity contribution in [2.75, 3.05) is 20.3 Å². The molecule has 0 saturated heterocycles. The number of benzene rings is 1. The molecule has 0 spiro atoms. The molecule has 1 aromatic rings. The lowest BCUT2D eigenvalue weighted by Crippen LogP contribution is -2.48. The van der Waals surface area contributed by atoms with Crippen LogP contribution in [0.1, 0.15) is 50.3 Å². The lowest BCUT2D eigenvalue weighted by atomic mass is 9.78. The fourth-order valence-corrected chi connectivity index (χ4v) is 3.58. The number of methoxy groups -OCH3 is 1. The number of hydrogen-bond donors (Lipinski definition) is 1. The summed E-state index contributed by atoms with van der Waals surface area (Å²) in [4.78, 5) is 2.38. The zero-order valence-electron chi connectivity index (χ0n) is 13.0. The van der Waals surface area contributed by atoms with Gasteiger partial charge in [-0.2, -0.15) is 0 Å². The van der Waals surface area contributed by atoms with Gasteiger partial charge < -0.3 is 9.84 Å². The number of fused-ring (bicyclic) bond motifs is 1. The first-order chi connectivity index (χ1) is 9.60. The average molecular weight is 277 g/mol. The second-order valence-corrected chi connectivity index (χ2v) is 5.91. The van der Waals surface area contributed by atoms with Crippen molar-refractivity contribution in [1.82, 2.24) is 4.90 Å². The molecule has 2 rings (SSSR count). The van der Waals surface area contributed by atoms with E-state index in [4.69, 9.17) is 4.74 Å². The van der Waals surface area contributed by atoms with E-state index in [1.807, 2.05) is 6.07 Å². The molecule has 1 aliphatic rings. The van der Waals surface area contributed by atoms with Crippen LogP contribution in [0, 0.1) is 0 Å². The molecule has 20 heavy (non-hydrogen) atoms. The van der Waals surface area contributed by atoms with Crippen molar-refractivity contribution in [3.05, 3.63) is 35.4 Å². The third-order valence-electron chi connectivity index (χ3n) is 4.57. The van der Waals surface area contributed by atoms with Crippen molar-refractivity contribution in [1.29, 1.82) is 0 Å². The van der Waals surface area contributed by atoms with Gasteiger partial charge in [-0.05, 0) is 36.9 Å². The zero-order valence-corrected chi connectivity index (χ0v) is 13.0. The van der Waals surface area contributed by atoms with Crippen molar-refractivity contribution in [3.8, 4) is 0 Å². The van der Waals surface area contributed by atoms with Crippen LogP contribution >= 0.6 is 0 Å². The topological polar surface area (TPSA) is 32.7 Å². The monoisotopic (exact) mass is 277 g/mol. The van der Waals surface area contributed by atoms with Crippen molar-refractivity contribution in [2.45, 2.75) is 51.3 Å². The van der Waals surface area contributed by atoms with Gasteiger partial charge in [0.25, 0.3) is 0 Å². The van der Waals surface area contributed by atoms with Crippen LogP contribution in [0.3, 0.4) is 0 Å². The number of ether oxygens (including phenoxy) is 1. The molecule has 0 aromatic heterocycles. The Morgan fingerprint density at radius 2 is 2.00 bits per heavy atom. The normalized spacial score (nSPS) is 27.4. The number of nitrogens with zero attached hydrogens (tertiary/aromatic N) is 1. The van der Waals surface area contributed by atoms with Crippen LogP contribution in [0.25, 0.3) is 0 Å². The maximum Gasteiger partial charge on any atom is 0.0948 e. The SMILES string of the molecule is CCN(C(C)COC)C1CC(C)c2ccccc2C1O. The molecular weight excluding hydrogens is 250 g/mol. The Hall–Kier alpha value is -0.900. The van der Waals surface area contributed by atoms with Crippen molar-refractivity contribution in [2.24, 2.45) is 0 Å². The number of aliphatic hydroxyl groups is 1. The molecule has 0 fully saturated rings. The molecular formula is C17H27NO2. The second-order valence-electron chi connectivity index (χ2n) is 5.91. The van der Waals surface area contributed by atoms with E-state index >= 15 is 0 Å². The van der Waals surface area contributed by atoms with Gasteiger partial charge in [0, 0.05) is 19.2 Å². The molecule has 0 radical (unpaired) electrons. The molecule has 4 unspecified atom stereocenters. The smallest absolute Gasteiger partial charge is 0.0948 e. The van der Waals surface area contributed by atoms with E-state index in [1.165, 1.54) is 5.56 Å². The summed E-state index contributed by atoms with van der Waals surface area (Å²) in [6.45, 7) is 8.22. The summed E-state index contributed by atoms with van der Waals surface area (Å²) < 4.78 is 5.29. The number of hydrogen-bond acceptors (Lipinski definition) is 3. The average Bonchev–Trinajstić information content (AvgIpc) is 2.45. The molecule has 1 aromatic carbocycles. The van der Waals surface area contributed by atoms with E-state index < -0.39 is 6.10 Å². The highest BCUT2D eigenvalue weighted by Crippen LogP contribution is 2.40. The van der Waals surface area contributed by atoms with Gasteiger partial charge in [-0.3, -0.25) is 4.90 Å². The van der Waals surface area contributed by atoms with Gasteiger partial charge in [0.1, 0.15) is 0 Å². The number of likely N-dealkylation sites (N-methyl/N-ethyl adjacent to an activating group) is 1. The Bertz CT molecular complexity index is 435. The predicted molar refractivity (Wildman–Crippen MR) is 81.9 cm³/mol. The van der Waals surface area contributed by atoms with Crippen molar-refractivity contribution >= 4 is 0 Å². The predicted octanol–water partition coefficient (Wildman–Crippen LogP) is 2.95. The third kappa shape index (κ3) is 2.90. The first-order valence-corrected chi connectivity index (χ1v) is 7.61. The van der Waals surface area contributed by atoms with Crippen LogP contribution in [0.15, 0.2) is 24.3 Å². The summed E-state index contributed by atoms with van der Waals surface area (Å²) in [7, 11) is 1.74. The van der Waals surface area contributed by atoms with Gasteiger partial charge >= 0.3 is 0 Å². The Morgan fingerprint density at radius 3 is 2.60 bits per heavy atom. The van der Waals surface area contributed by atoms with Crippen molar-refractivity contribution < 1.29 is 9.84 Å². The maximum absolute atomic E-state index is 10.8. The molecule has 0 bridgehead atoms. The van der Waals surface area contributed by atoms with Gasteiger partial charge in [0.15, 0.2) is 0 Å². The molecule has 0 saturated carbocycles. The fourth-order valence-electron chi connectivity index (χ4n) is 3.58. The van der Waals surface area contributed by atoms with Crippen molar-refractivity contribution in [3.63, 3.8) is 0 Å². The van der Waals surface area contributed by atoms with E-state index in [0.29, 0.717) is 18.6 Å². The molecule has 3 nitrogen and oxygen atoms in total. The zero-order chi connectivity index (χ0) is 14.7. The highest BCUT2D eigenvalue weighted by Gasteiger charge is 2.36. The molecule has 0 heterocycles. The van der Waals surface area contributed by atoms with Gasteiger partial charge in [-0.1, -0.05) is 38.1 Å². The molecule has 3 heteroatoms. The first kappa shape index (κ1) is 15.5. The Balaban J connectivity index is 2.26. The van der Waals surface area contributed by atoms with Gasteiger partial charge in [0.05, 0.1) is 12.7 Å². The lowest BCUT2D eigenvalue weighted by Gasteiger charge is -2.43. The molecule has 112 valence electrons. The molecule has 1 N–H and O–H groups in total. The minimum absolute atomic E-state index is 0.176. The summed E-state index contributed by atoms with van der Waals surface area (Å²) in [6.07, 6.45) is 0.599. The minimum Gasteiger partial charge on any atom is -0.387 e. The van der Waals surface area contributed by atoms with E-state index in [9.17, 15) is 5.11 Å². The fraction of sp³-hybridized carbons (Fsp3) is 0.647. The Labute approximate surface area is 122 Å². The highest BCUT2D eigenvalue weighted by molar-refractivity contribution is 5.35. The Morgan fingerprint density at radius 1 is 1.35 bits per heavy atom. The van der Waals surface area contributed by atoms with E-state index in [1.54, 1.807) is 7.11 Å². The highest BCUT2D eigenvalue weighted by atomic mass is 16.5. The summed E-state index contributed by atoms with van der Waals surface area (Å²) in [5, 5.41) is 10.8. The van der Waals surface area contributed by atoms with Gasteiger partial charge in [-0.25, -0.2) is 0 Å². The van der Waals surface area contributed by atoms with Crippen LogP contribution in [0.2, 0.25) is 0 Å². The standard InChI is InChI=1S/C17H27NO2/c1-5-18(13(3)11-20-4)16-10-12(2)14-8-6-7-9-15(14)17(16)19/h6-9,12-13,16-17,19H,5,10-11H2,1-4H3. The maximum atomic E-state index is 10.8. The van der Waals surface area contributed by atoms with Crippen LogP contribution in [0.4, 0.5) is 0 Å². The quantitative estimate of drug-likeness (QED) is 0.898. The Kier molecular flexibility index (Phi) is 5.19. The second kappa shape index (κ2) is 6.70. The molecule has 4 atom stereocenters. The lowest BCUT2D eigenvalue weighted by molar-refractivity contribution is -0.00543. The van der Waals surface area contributed by atoms with E-state index in [2.05, 4.69) is 43.9 Å². The molecule has 1 aliphatic carbocycles. The van der Waals surface area contributed by atoms with E-state index in [-0.39, 0.29) is 6.04 Å². The van der Waals surface area contributed by atoms with E-state index in [0.717, 1.165) is 18.5 Å². The van der Waals surface area contributed by atoms with Crippen LogP contribution in [-0.4, -0.2) is 42.4 Å². The first-order valence-electron chi connectivity index (χ1n) is 7.61. The number of rotatable bonds is 5. The number of aliphatic hydroxyl groups excluding tert-OH is 1. The van der Waals surface area contributed by atoms with Crippen LogP contribution < -0.4 is 0 Å². The minimum atomic E-state index is -0.401. The summed E-state index contributed by atoms with van der Waals surface area (Å²) in [5.74, 6) is 0.489. The van der Waals surface area contributed by atoms with Gasteiger partial charge in [0.2, 0.25) is 0 Å². The largest absolute Gasteiger partial charge is 0.387 e.